The first-order valence-corrected chi connectivity index (χ1v) is 6.61. The molecule has 20 heavy (non-hydrogen) atoms. The molecule has 0 aromatic heterocycles. The molecule has 0 saturated carbocycles. The van der Waals surface area contributed by atoms with Gasteiger partial charge >= 0.3 is 0 Å². The Kier molecular flexibility index (Phi) is 4.22. The predicted molar refractivity (Wildman–Crippen MR) is 74.7 cm³/mol. The molecule has 5 heteroatoms. The lowest BCUT2D eigenvalue weighted by atomic mass is 10.0. The van der Waals surface area contributed by atoms with Crippen LogP contribution in [0.2, 0.25) is 0 Å². The van der Waals surface area contributed by atoms with Crippen LogP contribution in [0.1, 0.15) is 25.3 Å². The molecule has 1 aliphatic rings. The third kappa shape index (κ3) is 2.57. The standard InChI is InChI=1S/C15H16N4O/c1-11-7-9-18-15(20)14(6-8-16)19(11)13-5-3-2-4-12(13)10-17/h2-5,11,14H,6-7,9H2,1H3,(H,18,20). The normalized spacial score (nSPS) is 22.4. The van der Waals surface area contributed by atoms with Crippen molar-refractivity contribution in [3.8, 4) is 12.1 Å². The number of benzene rings is 1. The van der Waals surface area contributed by atoms with E-state index in [1.54, 1.807) is 12.1 Å². The van der Waals surface area contributed by atoms with Crippen LogP contribution in [0.5, 0.6) is 0 Å². The molecule has 0 spiro atoms. The van der Waals surface area contributed by atoms with E-state index in [-0.39, 0.29) is 18.4 Å². The zero-order valence-electron chi connectivity index (χ0n) is 11.3. The highest BCUT2D eigenvalue weighted by molar-refractivity contribution is 5.86. The quantitative estimate of drug-likeness (QED) is 0.882. The van der Waals surface area contributed by atoms with Crippen LogP contribution in [0.25, 0.3) is 0 Å². The third-order valence-electron chi connectivity index (χ3n) is 3.56. The number of carbonyl (C=O) groups is 1. The summed E-state index contributed by atoms with van der Waals surface area (Å²) >= 11 is 0. The van der Waals surface area contributed by atoms with Gasteiger partial charge in [-0.2, -0.15) is 10.5 Å². The Morgan fingerprint density at radius 2 is 2.15 bits per heavy atom. The second-order valence-corrected chi connectivity index (χ2v) is 4.84. The average molecular weight is 268 g/mol. The lowest BCUT2D eigenvalue weighted by Crippen LogP contribution is -2.47. The molecule has 5 nitrogen and oxygen atoms in total. The maximum absolute atomic E-state index is 12.1. The van der Waals surface area contributed by atoms with Crippen LogP contribution in [0.15, 0.2) is 24.3 Å². The average Bonchev–Trinajstić information content (AvgIpc) is 2.59. The summed E-state index contributed by atoms with van der Waals surface area (Å²) in [6, 6.07) is 11.0. The number of carbonyl (C=O) groups excluding carboxylic acids is 1. The van der Waals surface area contributed by atoms with E-state index in [0.29, 0.717) is 12.1 Å². The minimum Gasteiger partial charge on any atom is -0.355 e. The Balaban J connectivity index is 2.50. The van der Waals surface area contributed by atoms with Crippen molar-refractivity contribution in [2.24, 2.45) is 0 Å². The number of hydrogen-bond donors (Lipinski definition) is 1. The molecule has 1 heterocycles. The molecule has 102 valence electrons. The Hall–Kier alpha value is -2.53. The number of anilines is 1. The van der Waals surface area contributed by atoms with E-state index in [0.717, 1.165) is 12.1 Å². The summed E-state index contributed by atoms with van der Waals surface area (Å²) in [4.78, 5) is 14.1. The summed E-state index contributed by atoms with van der Waals surface area (Å²) in [5, 5.41) is 21.1. The molecule has 2 atom stereocenters. The molecule has 1 aromatic carbocycles. The SMILES string of the molecule is CC1CCNC(=O)C(CC#N)N1c1ccccc1C#N. The second-order valence-electron chi connectivity index (χ2n) is 4.84. The lowest BCUT2D eigenvalue weighted by Gasteiger charge is -2.34. The fourth-order valence-corrected chi connectivity index (χ4v) is 2.57. The molecule has 1 saturated heterocycles. The van der Waals surface area contributed by atoms with Crippen LogP contribution in [-0.4, -0.2) is 24.5 Å². The van der Waals surface area contributed by atoms with E-state index in [2.05, 4.69) is 17.5 Å². The van der Waals surface area contributed by atoms with Crippen molar-refractivity contribution >= 4 is 11.6 Å². The van der Waals surface area contributed by atoms with Gasteiger partial charge in [0.05, 0.1) is 23.7 Å². The summed E-state index contributed by atoms with van der Waals surface area (Å²) in [5.41, 5.74) is 1.25. The highest BCUT2D eigenvalue weighted by Gasteiger charge is 2.33. The molecule has 1 amide bonds. The van der Waals surface area contributed by atoms with Gasteiger partial charge < -0.3 is 10.2 Å². The highest BCUT2D eigenvalue weighted by Crippen LogP contribution is 2.27. The largest absolute Gasteiger partial charge is 0.355 e. The summed E-state index contributed by atoms with van der Waals surface area (Å²) in [6.07, 6.45) is 0.892. The summed E-state index contributed by atoms with van der Waals surface area (Å²) in [7, 11) is 0. The van der Waals surface area contributed by atoms with Gasteiger partial charge in [-0.1, -0.05) is 12.1 Å². The third-order valence-corrected chi connectivity index (χ3v) is 3.56. The maximum Gasteiger partial charge on any atom is 0.243 e. The predicted octanol–water partition coefficient (Wildman–Crippen LogP) is 1.56. The molecule has 1 aromatic rings. The van der Waals surface area contributed by atoms with Gasteiger partial charge in [0.1, 0.15) is 12.1 Å². The van der Waals surface area contributed by atoms with Crippen LogP contribution in [0.3, 0.4) is 0 Å². The van der Waals surface area contributed by atoms with Gasteiger partial charge in [-0.3, -0.25) is 4.79 Å². The van der Waals surface area contributed by atoms with Gasteiger partial charge in [-0.05, 0) is 25.5 Å². The number of nitrogens with one attached hydrogen (secondary N) is 1. The van der Waals surface area contributed by atoms with Gasteiger partial charge in [0.25, 0.3) is 0 Å². The first-order chi connectivity index (χ1) is 9.69. The van der Waals surface area contributed by atoms with Crippen LogP contribution in [-0.2, 0) is 4.79 Å². The van der Waals surface area contributed by atoms with E-state index in [9.17, 15) is 10.1 Å². The minimum absolute atomic E-state index is 0.0850. The zero-order valence-corrected chi connectivity index (χ0v) is 11.3. The lowest BCUT2D eigenvalue weighted by molar-refractivity contribution is -0.122. The van der Waals surface area contributed by atoms with E-state index >= 15 is 0 Å². The van der Waals surface area contributed by atoms with Crippen LogP contribution in [0.4, 0.5) is 5.69 Å². The van der Waals surface area contributed by atoms with Crippen molar-refractivity contribution in [2.75, 3.05) is 11.4 Å². The van der Waals surface area contributed by atoms with Crippen molar-refractivity contribution in [3.05, 3.63) is 29.8 Å². The molecule has 0 aliphatic carbocycles. The molecule has 2 unspecified atom stereocenters. The van der Waals surface area contributed by atoms with Gasteiger partial charge in [-0.15, -0.1) is 0 Å². The van der Waals surface area contributed by atoms with E-state index in [4.69, 9.17) is 5.26 Å². The van der Waals surface area contributed by atoms with Gasteiger partial charge in [0.2, 0.25) is 5.91 Å². The molecular formula is C15H16N4O. The first kappa shape index (κ1) is 13.9. The van der Waals surface area contributed by atoms with Gasteiger partial charge in [-0.25, -0.2) is 0 Å². The molecule has 0 radical (unpaired) electrons. The minimum atomic E-state index is -0.549. The highest BCUT2D eigenvalue weighted by atomic mass is 16.2. The number of para-hydroxylation sites is 1. The molecular weight excluding hydrogens is 252 g/mol. The molecule has 2 rings (SSSR count). The van der Waals surface area contributed by atoms with Crippen molar-refractivity contribution in [2.45, 2.75) is 31.8 Å². The van der Waals surface area contributed by atoms with Gasteiger partial charge in [0.15, 0.2) is 0 Å². The summed E-state index contributed by atoms with van der Waals surface area (Å²) < 4.78 is 0. The van der Waals surface area contributed by atoms with Crippen molar-refractivity contribution in [1.29, 1.82) is 10.5 Å². The topological polar surface area (TPSA) is 79.9 Å². The van der Waals surface area contributed by atoms with Gasteiger partial charge in [0, 0.05) is 12.6 Å². The Morgan fingerprint density at radius 1 is 1.40 bits per heavy atom. The van der Waals surface area contributed by atoms with Crippen molar-refractivity contribution in [3.63, 3.8) is 0 Å². The Morgan fingerprint density at radius 3 is 2.85 bits per heavy atom. The molecule has 1 fully saturated rings. The number of nitriles is 2. The second kappa shape index (κ2) is 6.08. The van der Waals surface area contributed by atoms with Crippen LogP contribution < -0.4 is 10.2 Å². The Labute approximate surface area is 118 Å². The van der Waals surface area contributed by atoms with E-state index in [1.165, 1.54) is 0 Å². The maximum atomic E-state index is 12.1. The molecule has 1 N–H and O–H groups in total. The number of nitrogens with zero attached hydrogens (tertiary/aromatic N) is 3. The smallest absolute Gasteiger partial charge is 0.243 e. The van der Waals surface area contributed by atoms with E-state index < -0.39 is 6.04 Å². The number of amides is 1. The molecule has 0 bridgehead atoms. The summed E-state index contributed by atoms with van der Waals surface area (Å²) in [6.45, 7) is 2.60. The number of hydrogen-bond acceptors (Lipinski definition) is 4. The monoisotopic (exact) mass is 268 g/mol. The molecule has 1 aliphatic heterocycles. The van der Waals surface area contributed by atoms with Crippen LogP contribution in [0, 0.1) is 22.7 Å². The van der Waals surface area contributed by atoms with Crippen molar-refractivity contribution in [1.82, 2.24) is 5.32 Å². The van der Waals surface area contributed by atoms with Crippen molar-refractivity contribution < 1.29 is 4.79 Å². The fraction of sp³-hybridized carbons (Fsp3) is 0.400. The van der Waals surface area contributed by atoms with E-state index in [1.807, 2.05) is 24.0 Å². The zero-order chi connectivity index (χ0) is 14.5. The first-order valence-electron chi connectivity index (χ1n) is 6.61. The fourth-order valence-electron chi connectivity index (χ4n) is 2.57. The Bertz CT molecular complexity index is 584. The van der Waals surface area contributed by atoms with Crippen LogP contribution >= 0.6 is 0 Å². The number of rotatable bonds is 2. The summed E-state index contributed by atoms with van der Waals surface area (Å²) in [5.74, 6) is -0.149.